The van der Waals surface area contributed by atoms with Crippen LogP contribution in [0.1, 0.15) is 15.9 Å². The highest BCUT2D eigenvalue weighted by Crippen LogP contribution is 2.28. The van der Waals surface area contributed by atoms with Crippen molar-refractivity contribution in [2.75, 3.05) is 12.4 Å². The molecule has 0 bridgehead atoms. The predicted molar refractivity (Wildman–Crippen MR) is 86.4 cm³/mol. The van der Waals surface area contributed by atoms with E-state index in [9.17, 15) is 9.90 Å². The van der Waals surface area contributed by atoms with E-state index >= 15 is 0 Å². The largest absolute Gasteiger partial charge is 0.496 e. The number of methoxy groups -OCH3 is 1. The fourth-order valence-corrected chi connectivity index (χ4v) is 2.53. The minimum Gasteiger partial charge on any atom is -0.496 e. The quantitative estimate of drug-likeness (QED) is 0.818. The summed E-state index contributed by atoms with van der Waals surface area (Å²) in [6.07, 6.45) is 0. The summed E-state index contributed by atoms with van der Waals surface area (Å²) in [5, 5.41) is 12.9. The molecule has 0 radical (unpaired) electrons. The fourth-order valence-electron chi connectivity index (χ4n) is 1.93. The fraction of sp³-hybridized carbons (Fsp3) is 0.133. The third kappa shape index (κ3) is 3.68. The number of hydrogen-bond acceptors (Lipinski definition) is 3. The zero-order valence-electron chi connectivity index (χ0n) is 11.2. The van der Waals surface area contributed by atoms with E-state index in [1.807, 2.05) is 6.07 Å². The van der Waals surface area contributed by atoms with Gasteiger partial charge in [-0.3, -0.25) is 0 Å². The molecule has 2 rings (SSSR count). The molecule has 0 aliphatic rings. The number of carboxylic acids is 1. The van der Waals surface area contributed by atoms with Gasteiger partial charge in [0, 0.05) is 21.6 Å². The molecule has 0 heterocycles. The average Bonchev–Trinajstić information content (AvgIpc) is 2.45. The molecule has 0 unspecified atom stereocenters. The van der Waals surface area contributed by atoms with Gasteiger partial charge in [-0.1, -0.05) is 33.6 Å². The van der Waals surface area contributed by atoms with Gasteiger partial charge in [-0.25, -0.2) is 4.79 Å². The Bertz CT molecular complexity index is 676. The van der Waals surface area contributed by atoms with Crippen LogP contribution in [-0.4, -0.2) is 18.2 Å². The summed E-state index contributed by atoms with van der Waals surface area (Å²) in [6, 6.07) is 10.3. The van der Waals surface area contributed by atoms with Crippen molar-refractivity contribution >= 4 is 39.2 Å². The number of nitrogens with one attached hydrogen (secondary N) is 1. The maximum atomic E-state index is 11.2. The van der Waals surface area contributed by atoms with Crippen LogP contribution in [0, 0.1) is 0 Å². The summed E-state index contributed by atoms with van der Waals surface area (Å²) in [4.78, 5) is 11.2. The summed E-state index contributed by atoms with van der Waals surface area (Å²) in [6.45, 7) is 0.361. The Hall–Kier alpha value is -1.72. The van der Waals surface area contributed by atoms with Crippen LogP contribution in [0.15, 0.2) is 40.9 Å². The number of ether oxygens (including phenoxy) is 1. The molecule has 0 atom stereocenters. The molecular weight excluding hydrogens is 358 g/mol. The van der Waals surface area contributed by atoms with Crippen LogP contribution in [-0.2, 0) is 6.54 Å². The Balaban J connectivity index is 2.28. The number of carboxylic acid groups (broad SMARTS) is 1. The van der Waals surface area contributed by atoms with Gasteiger partial charge in [0.05, 0.1) is 18.4 Å². The van der Waals surface area contributed by atoms with Gasteiger partial charge >= 0.3 is 5.97 Å². The molecule has 2 aromatic carbocycles. The SMILES string of the molecule is COc1cccc(Cl)c1CNc1cc(Br)ccc1C(=O)O. The molecule has 0 saturated carbocycles. The Labute approximate surface area is 135 Å². The maximum absolute atomic E-state index is 11.2. The topological polar surface area (TPSA) is 58.6 Å². The van der Waals surface area contributed by atoms with Crippen LogP contribution >= 0.6 is 27.5 Å². The molecule has 0 spiro atoms. The van der Waals surface area contributed by atoms with Crippen molar-refractivity contribution in [3.63, 3.8) is 0 Å². The first-order valence-electron chi connectivity index (χ1n) is 6.11. The normalized spacial score (nSPS) is 10.2. The minimum atomic E-state index is -0.990. The monoisotopic (exact) mass is 369 g/mol. The van der Waals surface area contributed by atoms with E-state index in [0.29, 0.717) is 23.0 Å². The molecule has 4 nitrogen and oxygen atoms in total. The van der Waals surface area contributed by atoms with Gasteiger partial charge in [0.2, 0.25) is 0 Å². The van der Waals surface area contributed by atoms with Crippen LogP contribution in [0.2, 0.25) is 5.02 Å². The average molecular weight is 371 g/mol. The van der Waals surface area contributed by atoms with E-state index in [2.05, 4.69) is 21.2 Å². The molecule has 6 heteroatoms. The molecule has 0 aliphatic heterocycles. The van der Waals surface area contributed by atoms with E-state index in [1.54, 1.807) is 37.4 Å². The number of halogens is 2. The van der Waals surface area contributed by atoms with E-state index < -0.39 is 5.97 Å². The molecule has 110 valence electrons. The van der Waals surface area contributed by atoms with Crippen molar-refractivity contribution in [2.45, 2.75) is 6.54 Å². The third-order valence-electron chi connectivity index (χ3n) is 2.96. The van der Waals surface area contributed by atoms with E-state index in [4.69, 9.17) is 16.3 Å². The number of carbonyl (C=O) groups is 1. The molecule has 0 saturated heterocycles. The van der Waals surface area contributed by atoms with Crippen LogP contribution < -0.4 is 10.1 Å². The van der Waals surface area contributed by atoms with E-state index in [0.717, 1.165) is 10.0 Å². The smallest absolute Gasteiger partial charge is 0.337 e. The molecule has 2 aromatic rings. The van der Waals surface area contributed by atoms with Crippen molar-refractivity contribution < 1.29 is 14.6 Å². The second kappa shape index (κ2) is 6.83. The lowest BCUT2D eigenvalue weighted by molar-refractivity contribution is 0.0698. The molecule has 2 N–H and O–H groups in total. The second-order valence-corrected chi connectivity index (χ2v) is 5.59. The Kier molecular flexibility index (Phi) is 5.09. The Morgan fingerprint density at radius 3 is 2.81 bits per heavy atom. The number of rotatable bonds is 5. The molecule has 0 aromatic heterocycles. The number of benzene rings is 2. The molecule has 0 amide bonds. The van der Waals surface area contributed by atoms with Crippen LogP contribution in [0.25, 0.3) is 0 Å². The molecule has 0 fully saturated rings. The first kappa shape index (κ1) is 15.7. The number of anilines is 1. The van der Waals surface area contributed by atoms with Crippen LogP contribution in [0.4, 0.5) is 5.69 Å². The van der Waals surface area contributed by atoms with Crippen LogP contribution in [0.3, 0.4) is 0 Å². The first-order chi connectivity index (χ1) is 10.0. The Morgan fingerprint density at radius 2 is 2.14 bits per heavy atom. The zero-order chi connectivity index (χ0) is 15.4. The highest BCUT2D eigenvalue weighted by molar-refractivity contribution is 9.10. The summed E-state index contributed by atoms with van der Waals surface area (Å²) < 4.78 is 6.06. The molecule has 21 heavy (non-hydrogen) atoms. The van der Waals surface area contributed by atoms with Gasteiger partial charge in [0.15, 0.2) is 0 Å². The number of hydrogen-bond donors (Lipinski definition) is 2. The van der Waals surface area contributed by atoms with Gasteiger partial charge < -0.3 is 15.2 Å². The minimum absolute atomic E-state index is 0.198. The van der Waals surface area contributed by atoms with Crippen molar-refractivity contribution in [1.82, 2.24) is 0 Å². The van der Waals surface area contributed by atoms with Gasteiger partial charge in [-0.05, 0) is 30.3 Å². The van der Waals surface area contributed by atoms with Crippen molar-refractivity contribution in [3.05, 3.63) is 57.0 Å². The molecule has 0 aliphatic carbocycles. The van der Waals surface area contributed by atoms with Gasteiger partial charge in [-0.2, -0.15) is 0 Å². The van der Waals surface area contributed by atoms with Crippen LogP contribution in [0.5, 0.6) is 5.75 Å². The maximum Gasteiger partial charge on any atom is 0.337 e. The van der Waals surface area contributed by atoms with Crippen molar-refractivity contribution in [3.8, 4) is 5.75 Å². The lowest BCUT2D eigenvalue weighted by Gasteiger charge is -2.14. The van der Waals surface area contributed by atoms with Gasteiger partial charge in [0.25, 0.3) is 0 Å². The summed E-state index contributed by atoms with van der Waals surface area (Å²) in [7, 11) is 1.57. The van der Waals surface area contributed by atoms with Gasteiger partial charge in [-0.15, -0.1) is 0 Å². The summed E-state index contributed by atoms with van der Waals surface area (Å²) in [5.41, 5.74) is 1.49. The molecular formula is C15H13BrClNO3. The van der Waals surface area contributed by atoms with E-state index in [1.165, 1.54) is 0 Å². The summed E-state index contributed by atoms with van der Waals surface area (Å²) in [5.74, 6) is -0.335. The predicted octanol–water partition coefficient (Wildman–Crippen LogP) is 4.42. The number of aromatic carboxylic acids is 1. The standard InChI is InChI=1S/C15H13BrClNO3/c1-21-14-4-2-3-12(17)11(14)8-18-13-7-9(16)5-6-10(13)15(19)20/h2-7,18H,8H2,1H3,(H,19,20). The summed E-state index contributed by atoms with van der Waals surface area (Å²) >= 11 is 9.49. The van der Waals surface area contributed by atoms with Crippen molar-refractivity contribution in [1.29, 1.82) is 0 Å². The first-order valence-corrected chi connectivity index (χ1v) is 7.28. The third-order valence-corrected chi connectivity index (χ3v) is 3.81. The zero-order valence-corrected chi connectivity index (χ0v) is 13.5. The second-order valence-electron chi connectivity index (χ2n) is 4.27. The van der Waals surface area contributed by atoms with E-state index in [-0.39, 0.29) is 5.56 Å². The Morgan fingerprint density at radius 1 is 1.38 bits per heavy atom. The lowest BCUT2D eigenvalue weighted by Crippen LogP contribution is -2.07. The highest BCUT2D eigenvalue weighted by Gasteiger charge is 2.12. The highest BCUT2D eigenvalue weighted by atomic mass is 79.9. The van der Waals surface area contributed by atoms with Crippen molar-refractivity contribution in [2.24, 2.45) is 0 Å². The lowest BCUT2D eigenvalue weighted by atomic mass is 10.1. The van der Waals surface area contributed by atoms with Gasteiger partial charge in [0.1, 0.15) is 5.75 Å².